The number of nitrogens with one attached hydrogen (secondary N) is 1. The minimum atomic E-state index is 0.395. The van der Waals surface area contributed by atoms with Gasteiger partial charge >= 0.3 is 0 Å². The van der Waals surface area contributed by atoms with Crippen molar-refractivity contribution in [1.82, 2.24) is 10.3 Å². The van der Waals surface area contributed by atoms with E-state index in [1.165, 1.54) is 63.0 Å². The third-order valence-corrected chi connectivity index (χ3v) is 4.40. The van der Waals surface area contributed by atoms with Crippen molar-refractivity contribution in [3.05, 3.63) is 24.0 Å². The Labute approximate surface area is 130 Å². The topological polar surface area (TPSA) is 28.2 Å². The predicted octanol–water partition coefficient (Wildman–Crippen LogP) is 4.30. The molecule has 0 spiro atoms. The summed E-state index contributed by atoms with van der Waals surface area (Å²) < 4.78 is 0. The van der Waals surface area contributed by atoms with E-state index < -0.39 is 0 Å². The van der Waals surface area contributed by atoms with Crippen LogP contribution in [-0.4, -0.2) is 24.6 Å². The summed E-state index contributed by atoms with van der Waals surface area (Å²) in [6, 6.07) is 4.87. The second-order valence-electron chi connectivity index (χ2n) is 6.11. The Kier molecular flexibility index (Phi) is 7.01. The van der Waals surface area contributed by atoms with E-state index in [9.17, 15) is 0 Å². The van der Waals surface area contributed by atoms with Gasteiger partial charge in [-0.2, -0.15) is 0 Å². The van der Waals surface area contributed by atoms with Gasteiger partial charge in [-0.15, -0.1) is 0 Å². The van der Waals surface area contributed by atoms with Crippen molar-refractivity contribution in [2.24, 2.45) is 0 Å². The van der Waals surface area contributed by atoms with Crippen LogP contribution in [0.15, 0.2) is 18.3 Å². The fourth-order valence-electron chi connectivity index (χ4n) is 3.07. The molecule has 1 aliphatic rings. The minimum Gasteiger partial charge on any atom is -0.370 e. The third-order valence-electron chi connectivity index (χ3n) is 4.40. The van der Waals surface area contributed by atoms with Crippen molar-refractivity contribution in [2.45, 2.75) is 64.8 Å². The standard InChI is InChI=1S/C18H31N3/c1-3-12-19-17(4-2)18-11-10-16(15-20-18)21-13-8-6-5-7-9-14-21/h10-11,15,17,19H,3-9,12-14H2,1-2H3. The van der Waals surface area contributed by atoms with Crippen LogP contribution < -0.4 is 10.2 Å². The van der Waals surface area contributed by atoms with Crippen molar-refractivity contribution < 1.29 is 0 Å². The highest BCUT2D eigenvalue weighted by molar-refractivity contribution is 5.44. The lowest BCUT2D eigenvalue weighted by molar-refractivity contribution is 0.507. The fourth-order valence-corrected chi connectivity index (χ4v) is 3.07. The van der Waals surface area contributed by atoms with Crippen molar-refractivity contribution in [3.8, 4) is 0 Å². The van der Waals surface area contributed by atoms with Crippen LogP contribution in [0.5, 0.6) is 0 Å². The van der Waals surface area contributed by atoms with Crippen LogP contribution in [-0.2, 0) is 0 Å². The van der Waals surface area contributed by atoms with Gasteiger partial charge in [0.05, 0.1) is 17.6 Å². The zero-order valence-electron chi connectivity index (χ0n) is 13.8. The molecule has 118 valence electrons. The molecule has 0 aromatic carbocycles. The lowest BCUT2D eigenvalue weighted by atomic mass is 10.1. The Bertz CT molecular complexity index is 380. The molecule has 0 aliphatic carbocycles. The number of pyridine rings is 1. The number of nitrogens with zero attached hydrogens (tertiary/aromatic N) is 2. The highest BCUT2D eigenvalue weighted by Crippen LogP contribution is 2.21. The Balaban J connectivity index is 1.99. The molecular formula is C18H31N3. The molecule has 0 amide bonds. The normalized spacial score (nSPS) is 18.1. The minimum absolute atomic E-state index is 0.395. The average molecular weight is 289 g/mol. The number of hydrogen-bond acceptors (Lipinski definition) is 3. The van der Waals surface area contributed by atoms with Crippen LogP contribution in [0.25, 0.3) is 0 Å². The van der Waals surface area contributed by atoms with Gasteiger partial charge in [0.15, 0.2) is 0 Å². The van der Waals surface area contributed by atoms with Crippen LogP contribution in [0.3, 0.4) is 0 Å². The van der Waals surface area contributed by atoms with E-state index >= 15 is 0 Å². The lowest BCUT2D eigenvalue weighted by Crippen LogP contribution is -2.27. The molecule has 1 unspecified atom stereocenters. The van der Waals surface area contributed by atoms with E-state index in [1.54, 1.807) is 0 Å². The Morgan fingerprint density at radius 1 is 1.10 bits per heavy atom. The molecule has 1 fully saturated rings. The zero-order chi connectivity index (χ0) is 14.9. The molecule has 0 radical (unpaired) electrons. The molecule has 2 rings (SSSR count). The molecule has 1 atom stereocenters. The SMILES string of the molecule is CCCNC(CC)c1ccc(N2CCCCCCC2)cn1. The first kappa shape index (κ1) is 16.3. The van der Waals surface area contributed by atoms with Crippen molar-refractivity contribution in [1.29, 1.82) is 0 Å². The number of hydrogen-bond donors (Lipinski definition) is 1. The summed E-state index contributed by atoms with van der Waals surface area (Å²) in [6.45, 7) is 7.87. The number of rotatable bonds is 6. The quantitative estimate of drug-likeness (QED) is 0.846. The Hall–Kier alpha value is -1.09. The molecule has 3 heteroatoms. The predicted molar refractivity (Wildman–Crippen MR) is 90.9 cm³/mol. The maximum absolute atomic E-state index is 4.73. The molecular weight excluding hydrogens is 258 g/mol. The molecule has 0 bridgehead atoms. The van der Waals surface area contributed by atoms with Crippen LogP contribution in [0.2, 0.25) is 0 Å². The van der Waals surface area contributed by atoms with Crippen molar-refractivity contribution in [3.63, 3.8) is 0 Å². The molecule has 21 heavy (non-hydrogen) atoms. The first-order valence-electron chi connectivity index (χ1n) is 8.79. The van der Waals surface area contributed by atoms with Gasteiger partial charge in [-0.1, -0.05) is 33.1 Å². The Morgan fingerprint density at radius 3 is 2.38 bits per heavy atom. The molecule has 2 heterocycles. The summed E-state index contributed by atoms with van der Waals surface area (Å²) in [6.07, 6.45) is 11.1. The maximum atomic E-state index is 4.73. The van der Waals surface area contributed by atoms with Crippen molar-refractivity contribution >= 4 is 5.69 Å². The third kappa shape index (κ3) is 4.99. The summed E-state index contributed by atoms with van der Waals surface area (Å²) in [7, 11) is 0. The molecule has 1 N–H and O–H groups in total. The Morgan fingerprint density at radius 2 is 1.81 bits per heavy atom. The molecule has 1 saturated heterocycles. The first-order valence-corrected chi connectivity index (χ1v) is 8.79. The largest absolute Gasteiger partial charge is 0.370 e. The van der Waals surface area contributed by atoms with Gasteiger partial charge in [-0.25, -0.2) is 0 Å². The fraction of sp³-hybridized carbons (Fsp3) is 0.722. The van der Waals surface area contributed by atoms with Crippen LogP contribution >= 0.6 is 0 Å². The second-order valence-corrected chi connectivity index (χ2v) is 6.11. The number of aromatic nitrogens is 1. The second kappa shape index (κ2) is 9.04. The van der Waals surface area contributed by atoms with Gasteiger partial charge < -0.3 is 10.2 Å². The van der Waals surface area contributed by atoms with Gasteiger partial charge in [-0.05, 0) is 44.4 Å². The van der Waals surface area contributed by atoms with E-state index in [0.29, 0.717) is 6.04 Å². The zero-order valence-corrected chi connectivity index (χ0v) is 13.8. The van der Waals surface area contributed by atoms with E-state index in [1.807, 2.05) is 0 Å². The first-order chi connectivity index (χ1) is 10.3. The van der Waals surface area contributed by atoms with Crippen LogP contribution in [0.1, 0.15) is 70.5 Å². The molecule has 1 aromatic rings. The van der Waals surface area contributed by atoms with Gasteiger partial charge in [0, 0.05) is 19.1 Å². The van der Waals surface area contributed by atoms with Crippen LogP contribution in [0.4, 0.5) is 5.69 Å². The monoisotopic (exact) mass is 289 g/mol. The van der Waals surface area contributed by atoms with Gasteiger partial charge in [0.1, 0.15) is 0 Å². The number of anilines is 1. The summed E-state index contributed by atoms with van der Waals surface area (Å²) >= 11 is 0. The molecule has 0 saturated carbocycles. The molecule has 1 aromatic heterocycles. The summed E-state index contributed by atoms with van der Waals surface area (Å²) in [5.74, 6) is 0. The van der Waals surface area contributed by atoms with Gasteiger partial charge in [-0.3, -0.25) is 4.98 Å². The summed E-state index contributed by atoms with van der Waals surface area (Å²) in [5.41, 5.74) is 2.48. The van der Waals surface area contributed by atoms with E-state index in [-0.39, 0.29) is 0 Å². The summed E-state index contributed by atoms with van der Waals surface area (Å²) in [4.78, 5) is 7.24. The van der Waals surface area contributed by atoms with E-state index in [4.69, 9.17) is 4.98 Å². The van der Waals surface area contributed by atoms with Crippen LogP contribution in [0, 0.1) is 0 Å². The summed E-state index contributed by atoms with van der Waals surface area (Å²) in [5, 5.41) is 3.58. The van der Waals surface area contributed by atoms with E-state index in [0.717, 1.165) is 13.0 Å². The molecule has 3 nitrogen and oxygen atoms in total. The maximum Gasteiger partial charge on any atom is 0.0574 e. The lowest BCUT2D eigenvalue weighted by Gasteiger charge is -2.27. The highest BCUT2D eigenvalue weighted by Gasteiger charge is 2.12. The smallest absolute Gasteiger partial charge is 0.0574 e. The van der Waals surface area contributed by atoms with Gasteiger partial charge in [0.25, 0.3) is 0 Å². The highest BCUT2D eigenvalue weighted by atomic mass is 15.1. The van der Waals surface area contributed by atoms with Crippen molar-refractivity contribution in [2.75, 3.05) is 24.5 Å². The van der Waals surface area contributed by atoms with Gasteiger partial charge in [0.2, 0.25) is 0 Å². The average Bonchev–Trinajstić information content (AvgIpc) is 2.49. The molecule has 1 aliphatic heterocycles. The van der Waals surface area contributed by atoms with E-state index in [2.05, 4.69) is 42.4 Å².